The second kappa shape index (κ2) is 6.55. The molecule has 102 valence electrons. The Bertz CT molecular complexity index is 519. The Balaban J connectivity index is 2.23. The molecule has 4 heteroatoms. The van der Waals surface area contributed by atoms with Crippen molar-refractivity contribution in [3.8, 4) is 0 Å². The Morgan fingerprint density at radius 3 is 2.47 bits per heavy atom. The number of nitrogens with two attached hydrogens (primary N) is 1. The molecule has 0 amide bonds. The van der Waals surface area contributed by atoms with Crippen LogP contribution in [0.4, 0.5) is 0 Å². The zero-order chi connectivity index (χ0) is 13.8. The Morgan fingerprint density at radius 1 is 1.26 bits per heavy atom. The summed E-state index contributed by atoms with van der Waals surface area (Å²) in [5.41, 5.74) is 9.95. The fraction of sp³-hybridized carbons (Fsp3) is 0.400. The SMILES string of the molecule is CCC(N)C(Sc1nc(C)cs1)c1ccc(C)cc1. The lowest BCUT2D eigenvalue weighted by Gasteiger charge is -2.22. The first kappa shape index (κ1) is 14.6. The van der Waals surface area contributed by atoms with Gasteiger partial charge in [-0.25, -0.2) is 4.98 Å². The first-order valence-corrected chi connectivity index (χ1v) is 8.27. The molecule has 0 aliphatic heterocycles. The minimum atomic E-state index is 0.150. The van der Waals surface area contributed by atoms with Crippen molar-refractivity contribution in [2.75, 3.05) is 0 Å². The van der Waals surface area contributed by atoms with Gasteiger partial charge in [0.05, 0.1) is 5.25 Å². The van der Waals surface area contributed by atoms with Crippen LogP contribution in [0.2, 0.25) is 0 Å². The molecule has 0 saturated heterocycles. The molecule has 0 aliphatic rings. The van der Waals surface area contributed by atoms with Crippen molar-refractivity contribution in [1.82, 2.24) is 4.98 Å². The molecule has 0 bridgehead atoms. The molecule has 0 fully saturated rings. The van der Waals surface area contributed by atoms with Crippen molar-refractivity contribution in [2.45, 2.75) is 42.8 Å². The van der Waals surface area contributed by atoms with Gasteiger partial charge >= 0.3 is 0 Å². The van der Waals surface area contributed by atoms with E-state index in [1.54, 1.807) is 23.1 Å². The first-order chi connectivity index (χ1) is 9.10. The fourth-order valence-corrected chi connectivity index (χ4v) is 4.14. The van der Waals surface area contributed by atoms with Crippen molar-refractivity contribution >= 4 is 23.1 Å². The van der Waals surface area contributed by atoms with Gasteiger partial charge in [0.1, 0.15) is 0 Å². The van der Waals surface area contributed by atoms with Crippen molar-refractivity contribution in [3.63, 3.8) is 0 Å². The molecule has 2 unspecified atom stereocenters. The van der Waals surface area contributed by atoms with Crippen molar-refractivity contribution in [3.05, 3.63) is 46.5 Å². The van der Waals surface area contributed by atoms with E-state index in [0.29, 0.717) is 0 Å². The Hall–Kier alpha value is -0.840. The van der Waals surface area contributed by atoms with Crippen molar-refractivity contribution < 1.29 is 0 Å². The van der Waals surface area contributed by atoms with Gasteiger partial charge in [0.25, 0.3) is 0 Å². The van der Waals surface area contributed by atoms with Gasteiger partial charge in [-0.15, -0.1) is 11.3 Å². The molecule has 2 nitrogen and oxygen atoms in total. The maximum atomic E-state index is 6.30. The van der Waals surface area contributed by atoms with Gasteiger partial charge in [0.2, 0.25) is 0 Å². The monoisotopic (exact) mass is 292 g/mol. The fourth-order valence-electron chi connectivity index (χ4n) is 1.87. The second-order valence-electron chi connectivity index (χ2n) is 4.78. The molecule has 2 rings (SSSR count). The first-order valence-electron chi connectivity index (χ1n) is 6.51. The molecule has 19 heavy (non-hydrogen) atoms. The van der Waals surface area contributed by atoms with Gasteiger partial charge in [0, 0.05) is 17.1 Å². The molecular formula is C15H20N2S2. The van der Waals surface area contributed by atoms with E-state index in [-0.39, 0.29) is 11.3 Å². The van der Waals surface area contributed by atoms with Gasteiger partial charge in [-0.1, -0.05) is 48.5 Å². The Kier molecular flexibility index (Phi) is 5.02. The van der Waals surface area contributed by atoms with Gasteiger partial charge in [0.15, 0.2) is 4.34 Å². The molecule has 0 spiro atoms. The van der Waals surface area contributed by atoms with Crippen LogP contribution in [0.3, 0.4) is 0 Å². The average Bonchev–Trinajstić information content (AvgIpc) is 2.82. The third-order valence-corrected chi connectivity index (χ3v) is 5.59. The lowest BCUT2D eigenvalue weighted by atomic mass is 10.0. The van der Waals surface area contributed by atoms with Gasteiger partial charge in [-0.3, -0.25) is 0 Å². The van der Waals surface area contributed by atoms with E-state index >= 15 is 0 Å². The minimum absolute atomic E-state index is 0.150. The van der Waals surface area contributed by atoms with Gasteiger partial charge < -0.3 is 5.73 Å². The summed E-state index contributed by atoms with van der Waals surface area (Å²) in [7, 11) is 0. The molecule has 2 atom stereocenters. The maximum absolute atomic E-state index is 6.30. The molecule has 0 aliphatic carbocycles. The standard InChI is InChI=1S/C15H20N2S2/c1-4-13(16)14(12-7-5-10(2)6-8-12)19-15-17-11(3)9-18-15/h5-9,13-14H,4,16H2,1-3H3. The van der Waals surface area contributed by atoms with E-state index in [1.807, 2.05) is 6.92 Å². The topological polar surface area (TPSA) is 38.9 Å². The van der Waals surface area contributed by atoms with Crippen LogP contribution in [-0.4, -0.2) is 11.0 Å². The van der Waals surface area contributed by atoms with Crippen LogP contribution in [0.1, 0.15) is 35.4 Å². The summed E-state index contributed by atoms with van der Waals surface area (Å²) in [5, 5.41) is 2.36. The summed E-state index contributed by atoms with van der Waals surface area (Å²) in [5.74, 6) is 0. The smallest absolute Gasteiger partial charge is 0.150 e. The molecule has 1 heterocycles. The van der Waals surface area contributed by atoms with E-state index < -0.39 is 0 Å². The lowest BCUT2D eigenvalue weighted by Crippen LogP contribution is -2.25. The highest BCUT2D eigenvalue weighted by Gasteiger charge is 2.21. The summed E-state index contributed by atoms with van der Waals surface area (Å²) in [4.78, 5) is 4.54. The van der Waals surface area contributed by atoms with Crippen LogP contribution in [0.15, 0.2) is 34.0 Å². The van der Waals surface area contributed by atoms with E-state index in [0.717, 1.165) is 16.5 Å². The highest BCUT2D eigenvalue weighted by atomic mass is 32.2. The Labute approximate surface area is 123 Å². The highest BCUT2D eigenvalue weighted by molar-refractivity contribution is 8.01. The summed E-state index contributed by atoms with van der Waals surface area (Å²) >= 11 is 3.48. The summed E-state index contributed by atoms with van der Waals surface area (Å²) in [6.07, 6.45) is 0.968. The third kappa shape index (κ3) is 3.81. The van der Waals surface area contributed by atoms with E-state index in [4.69, 9.17) is 5.73 Å². The van der Waals surface area contributed by atoms with Crippen LogP contribution in [-0.2, 0) is 0 Å². The van der Waals surface area contributed by atoms with Crippen LogP contribution in [0, 0.1) is 13.8 Å². The second-order valence-corrected chi connectivity index (χ2v) is 7.02. The molecule has 2 aromatic rings. The zero-order valence-electron chi connectivity index (χ0n) is 11.6. The Morgan fingerprint density at radius 2 is 1.95 bits per heavy atom. The van der Waals surface area contributed by atoms with Gasteiger partial charge in [-0.2, -0.15) is 0 Å². The molecule has 0 saturated carbocycles. The van der Waals surface area contributed by atoms with E-state index in [1.165, 1.54) is 11.1 Å². The van der Waals surface area contributed by atoms with E-state index in [9.17, 15) is 0 Å². The molecule has 2 N–H and O–H groups in total. The largest absolute Gasteiger partial charge is 0.326 e. The van der Waals surface area contributed by atoms with Crippen molar-refractivity contribution in [2.24, 2.45) is 5.73 Å². The number of benzene rings is 1. The average molecular weight is 292 g/mol. The van der Waals surface area contributed by atoms with Crippen molar-refractivity contribution in [1.29, 1.82) is 0 Å². The predicted octanol–water partition coefficient (Wildman–Crippen LogP) is 4.33. The summed E-state index contributed by atoms with van der Waals surface area (Å²) in [6, 6.07) is 8.82. The lowest BCUT2D eigenvalue weighted by molar-refractivity contribution is 0.634. The normalized spacial score (nSPS) is 14.3. The van der Waals surface area contributed by atoms with Crippen LogP contribution in [0.25, 0.3) is 0 Å². The number of aryl methyl sites for hydroxylation is 2. The molecular weight excluding hydrogens is 272 g/mol. The summed E-state index contributed by atoms with van der Waals surface area (Å²) in [6.45, 7) is 6.27. The minimum Gasteiger partial charge on any atom is -0.326 e. The number of nitrogens with zero attached hydrogens (tertiary/aromatic N) is 1. The quantitative estimate of drug-likeness (QED) is 0.834. The number of rotatable bonds is 5. The van der Waals surface area contributed by atoms with Crippen LogP contribution in [0.5, 0.6) is 0 Å². The predicted molar refractivity (Wildman–Crippen MR) is 84.9 cm³/mol. The molecule has 1 aromatic carbocycles. The van der Waals surface area contributed by atoms with E-state index in [2.05, 4.69) is 48.5 Å². The number of aromatic nitrogens is 1. The van der Waals surface area contributed by atoms with Crippen LogP contribution < -0.4 is 5.73 Å². The number of thiazole rings is 1. The third-order valence-electron chi connectivity index (χ3n) is 3.09. The highest BCUT2D eigenvalue weighted by Crippen LogP contribution is 2.39. The molecule has 1 aromatic heterocycles. The van der Waals surface area contributed by atoms with Crippen LogP contribution >= 0.6 is 23.1 Å². The zero-order valence-corrected chi connectivity index (χ0v) is 13.2. The number of thioether (sulfide) groups is 1. The summed E-state index contributed by atoms with van der Waals surface area (Å²) < 4.78 is 1.10. The molecule has 0 radical (unpaired) electrons. The number of hydrogen-bond acceptors (Lipinski definition) is 4. The maximum Gasteiger partial charge on any atom is 0.150 e. The number of hydrogen-bond donors (Lipinski definition) is 1. The van der Waals surface area contributed by atoms with Gasteiger partial charge in [-0.05, 0) is 25.8 Å².